The molecule has 8 heteroatoms. The van der Waals surface area contributed by atoms with E-state index < -0.39 is 9.84 Å². The molecule has 2 saturated heterocycles. The molecule has 3 aromatic rings. The van der Waals surface area contributed by atoms with E-state index >= 15 is 4.39 Å². The summed E-state index contributed by atoms with van der Waals surface area (Å²) in [5.74, 6) is 0.556. The number of nitrogens with one attached hydrogen (secondary N) is 1. The zero-order valence-electron chi connectivity index (χ0n) is 21.5. The van der Waals surface area contributed by atoms with E-state index in [0.29, 0.717) is 29.3 Å². The van der Waals surface area contributed by atoms with Gasteiger partial charge in [0.1, 0.15) is 0 Å². The zero-order chi connectivity index (χ0) is 25.4. The molecule has 2 aromatic heterocycles. The average Bonchev–Trinajstić information content (AvgIpc) is 3.29. The van der Waals surface area contributed by atoms with Gasteiger partial charge in [-0.25, -0.2) is 17.8 Å². The molecule has 1 N–H and O–H groups in total. The number of pyridine rings is 1. The summed E-state index contributed by atoms with van der Waals surface area (Å²) in [4.78, 5) is 7.59. The van der Waals surface area contributed by atoms with Crippen molar-refractivity contribution in [2.24, 2.45) is 5.92 Å². The Morgan fingerprint density at radius 3 is 2.50 bits per heavy atom. The number of hydrogen-bond acceptors (Lipinski definition) is 5. The number of imidazole rings is 1. The van der Waals surface area contributed by atoms with Crippen molar-refractivity contribution >= 4 is 15.5 Å². The normalized spacial score (nSPS) is 22.5. The summed E-state index contributed by atoms with van der Waals surface area (Å²) in [7, 11) is -3.27. The number of benzene rings is 1. The Balaban J connectivity index is 1.40. The maximum Gasteiger partial charge on any atom is 0.175 e. The number of rotatable bonds is 6. The van der Waals surface area contributed by atoms with Crippen molar-refractivity contribution in [2.45, 2.75) is 68.8 Å². The quantitative estimate of drug-likeness (QED) is 0.509. The van der Waals surface area contributed by atoms with E-state index in [1.807, 2.05) is 12.3 Å². The highest BCUT2D eigenvalue weighted by molar-refractivity contribution is 7.90. The third kappa shape index (κ3) is 5.22. The first-order valence-corrected chi connectivity index (χ1v) is 15.0. The van der Waals surface area contributed by atoms with Gasteiger partial charge in [0.05, 0.1) is 10.6 Å². The average molecular weight is 513 g/mol. The predicted molar refractivity (Wildman–Crippen MR) is 142 cm³/mol. The summed E-state index contributed by atoms with van der Waals surface area (Å²) in [6, 6.07) is 9.63. The maximum absolute atomic E-state index is 15.9. The standard InChI is InChI=1S/C28H37FN4O2S/c1-19(2)16-23-17-21(10-15-33(23)22-8-12-30-13-9-22)25-11-14-32-18-26(31-28(32)27(25)29)20-4-6-24(7-5-20)36(3,34)35/h4-7,11,14,18-19,21-23,30H,8-10,12-13,15-17H2,1-3H3/t21?,23-/m1/s1. The number of piperidine rings is 2. The molecule has 194 valence electrons. The molecular weight excluding hydrogens is 475 g/mol. The fraction of sp³-hybridized carbons (Fsp3) is 0.536. The highest BCUT2D eigenvalue weighted by atomic mass is 32.2. The largest absolute Gasteiger partial charge is 0.317 e. The molecule has 0 saturated carbocycles. The van der Waals surface area contributed by atoms with Gasteiger partial charge in [-0.1, -0.05) is 26.0 Å². The van der Waals surface area contributed by atoms with E-state index in [-0.39, 0.29) is 16.6 Å². The van der Waals surface area contributed by atoms with Crippen LogP contribution in [-0.4, -0.2) is 60.7 Å². The van der Waals surface area contributed by atoms with Crippen molar-refractivity contribution in [3.8, 4) is 11.3 Å². The third-order valence-corrected chi connectivity index (χ3v) is 9.03. The first-order valence-electron chi connectivity index (χ1n) is 13.1. The number of likely N-dealkylation sites (tertiary alicyclic amines) is 1. The minimum atomic E-state index is -3.27. The van der Waals surface area contributed by atoms with Crippen LogP contribution in [-0.2, 0) is 9.84 Å². The van der Waals surface area contributed by atoms with Crippen LogP contribution in [0.1, 0.15) is 57.4 Å². The lowest BCUT2D eigenvalue weighted by molar-refractivity contribution is 0.0557. The molecular formula is C28H37FN4O2S. The van der Waals surface area contributed by atoms with Crippen molar-refractivity contribution in [1.29, 1.82) is 0 Å². The van der Waals surface area contributed by atoms with Crippen LogP contribution in [0.4, 0.5) is 4.39 Å². The monoisotopic (exact) mass is 512 g/mol. The number of fused-ring (bicyclic) bond motifs is 1. The predicted octanol–water partition coefficient (Wildman–Crippen LogP) is 4.89. The van der Waals surface area contributed by atoms with Crippen LogP contribution in [0.5, 0.6) is 0 Å². The summed E-state index contributed by atoms with van der Waals surface area (Å²) in [6.07, 6.45) is 10.4. The van der Waals surface area contributed by atoms with Crippen LogP contribution < -0.4 is 5.32 Å². The van der Waals surface area contributed by atoms with Gasteiger partial charge in [0.2, 0.25) is 0 Å². The third-order valence-electron chi connectivity index (χ3n) is 7.90. The van der Waals surface area contributed by atoms with Gasteiger partial charge in [0.25, 0.3) is 0 Å². The Labute approximate surface area is 213 Å². The number of halogens is 1. The summed E-state index contributed by atoms with van der Waals surface area (Å²) in [5, 5.41) is 3.48. The topological polar surface area (TPSA) is 66.7 Å². The molecule has 0 amide bonds. The second kappa shape index (κ2) is 10.2. The molecule has 6 nitrogen and oxygen atoms in total. The van der Waals surface area contributed by atoms with E-state index in [1.165, 1.54) is 19.1 Å². The Morgan fingerprint density at radius 1 is 1.11 bits per heavy atom. The molecule has 2 aliphatic heterocycles. The van der Waals surface area contributed by atoms with Gasteiger partial charge in [-0.15, -0.1) is 0 Å². The SMILES string of the molecule is CC(C)C[C@@H]1CC(c2ccn3cc(-c4ccc(S(C)(=O)=O)cc4)nc3c2F)CCN1C1CCNCC1. The summed E-state index contributed by atoms with van der Waals surface area (Å²) < 4.78 is 41.1. The molecule has 2 atom stereocenters. The first-order chi connectivity index (χ1) is 17.2. The molecule has 0 aliphatic carbocycles. The molecule has 0 spiro atoms. The Hall–Kier alpha value is -2.29. The zero-order valence-corrected chi connectivity index (χ0v) is 22.3. The molecule has 2 fully saturated rings. The lowest BCUT2D eigenvalue weighted by Crippen LogP contribution is -2.51. The van der Waals surface area contributed by atoms with Gasteiger partial charge in [0.15, 0.2) is 21.3 Å². The van der Waals surface area contributed by atoms with Gasteiger partial charge >= 0.3 is 0 Å². The molecule has 1 unspecified atom stereocenters. The van der Waals surface area contributed by atoms with Crippen molar-refractivity contribution in [1.82, 2.24) is 19.6 Å². The van der Waals surface area contributed by atoms with Crippen molar-refractivity contribution in [3.05, 3.63) is 54.1 Å². The minimum absolute atomic E-state index is 0.186. The Kier molecular flexibility index (Phi) is 7.21. The van der Waals surface area contributed by atoms with Crippen LogP contribution in [0, 0.1) is 11.7 Å². The lowest BCUT2D eigenvalue weighted by atomic mass is 9.81. The van der Waals surface area contributed by atoms with E-state index in [4.69, 9.17) is 0 Å². The number of hydrogen-bond donors (Lipinski definition) is 1. The second-order valence-corrected chi connectivity index (χ2v) is 13.0. The van der Waals surface area contributed by atoms with E-state index in [0.717, 1.165) is 50.0 Å². The van der Waals surface area contributed by atoms with Crippen molar-refractivity contribution in [2.75, 3.05) is 25.9 Å². The molecule has 0 radical (unpaired) electrons. The van der Waals surface area contributed by atoms with Gasteiger partial charge in [-0.2, -0.15) is 0 Å². The van der Waals surface area contributed by atoms with E-state index in [1.54, 1.807) is 34.9 Å². The van der Waals surface area contributed by atoms with E-state index in [2.05, 4.69) is 29.0 Å². The van der Waals surface area contributed by atoms with E-state index in [9.17, 15) is 8.42 Å². The maximum atomic E-state index is 15.9. The molecule has 0 bridgehead atoms. The van der Waals surface area contributed by atoms with Crippen molar-refractivity contribution < 1.29 is 12.8 Å². The second-order valence-electron chi connectivity index (χ2n) is 11.0. The van der Waals surface area contributed by atoms with Crippen LogP contribution in [0.15, 0.2) is 47.6 Å². The Bertz CT molecular complexity index is 1310. The molecule has 1 aromatic carbocycles. The van der Waals surface area contributed by atoms with Crippen LogP contribution in [0.3, 0.4) is 0 Å². The number of nitrogens with zero attached hydrogens (tertiary/aromatic N) is 3. The molecule has 4 heterocycles. The molecule has 2 aliphatic rings. The lowest BCUT2D eigenvalue weighted by Gasteiger charge is -2.46. The van der Waals surface area contributed by atoms with Gasteiger partial charge < -0.3 is 9.72 Å². The molecule has 5 rings (SSSR count). The van der Waals surface area contributed by atoms with Gasteiger partial charge in [-0.3, -0.25) is 4.90 Å². The smallest absolute Gasteiger partial charge is 0.175 e. The fourth-order valence-electron chi connectivity index (χ4n) is 6.11. The van der Waals surface area contributed by atoms with Crippen LogP contribution in [0.25, 0.3) is 16.9 Å². The molecule has 36 heavy (non-hydrogen) atoms. The minimum Gasteiger partial charge on any atom is -0.317 e. The number of sulfone groups is 1. The van der Waals surface area contributed by atoms with Crippen LogP contribution in [0.2, 0.25) is 0 Å². The first kappa shape index (κ1) is 25.4. The van der Waals surface area contributed by atoms with Crippen molar-refractivity contribution in [3.63, 3.8) is 0 Å². The summed E-state index contributed by atoms with van der Waals surface area (Å²) >= 11 is 0. The Morgan fingerprint density at radius 2 is 1.83 bits per heavy atom. The number of aromatic nitrogens is 2. The van der Waals surface area contributed by atoms with Gasteiger partial charge in [-0.05, 0) is 87.3 Å². The highest BCUT2D eigenvalue weighted by Crippen LogP contribution is 2.38. The summed E-state index contributed by atoms with van der Waals surface area (Å²) in [6.45, 7) is 7.76. The highest BCUT2D eigenvalue weighted by Gasteiger charge is 2.35. The fourth-order valence-corrected chi connectivity index (χ4v) is 6.74. The van der Waals surface area contributed by atoms with Crippen LogP contribution >= 0.6 is 0 Å². The van der Waals surface area contributed by atoms with Gasteiger partial charge in [0, 0.05) is 36.3 Å². The summed E-state index contributed by atoms with van der Waals surface area (Å²) in [5.41, 5.74) is 2.49.